The van der Waals surface area contributed by atoms with Crippen LogP contribution in [0.1, 0.15) is 15.6 Å². The van der Waals surface area contributed by atoms with Crippen molar-refractivity contribution in [3.05, 3.63) is 59.3 Å². The van der Waals surface area contributed by atoms with Crippen molar-refractivity contribution < 1.29 is 18.7 Å². The number of nitrogens with zero attached hydrogens (tertiary/aromatic N) is 2. The van der Waals surface area contributed by atoms with Crippen LogP contribution in [0.2, 0.25) is 0 Å². The van der Waals surface area contributed by atoms with E-state index in [0.717, 1.165) is 15.2 Å². The highest BCUT2D eigenvalue weighted by atomic mass is 32.2. The summed E-state index contributed by atoms with van der Waals surface area (Å²) in [4.78, 5) is 32.1. The maximum atomic E-state index is 13.1. The molecule has 0 aliphatic carbocycles. The zero-order valence-corrected chi connectivity index (χ0v) is 18.8. The predicted molar refractivity (Wildman–Crippen MR) is 127 cm³/mol. The number of para-hydroxylation sites is 2. The molecule has 1 saturated heterocycles. The number of carbonyl (C=O) groups is 2. The molecular formula is C23H21N3O4S2. The second-order valence-electron chi connectivity index (χ2n) is 7.32. The van der Waals surface area contributed by atoms with E-state index < -0.39 is 0 Å². The molecule has 7 nitrogen and oxygen atoms in total. The lowest BCUT2D eigenvalue weighted by Crippen LogP contribution is -2.40. The van der Waals surface area contributed by atoms with Gasteiger partial charge in [0.1, 0.15) is 16.3 Å². The van der Waals surface area contributed by atoms with E-state index in [1.54, 1.807) is 22.3 Å². The van der Waals surface area contributed by atoms with Gasteiger partial charge in [0, 0.05) is 24.2 Å². The molecule has 0 unspecified atom stereocenters. The fraction of sp³-hybridized carbons (Fsp3) is 0.261. The molecule has 9 heteroatoms. The minimum Gasteiger partial charge on any atom is -0.449 e. The second-order valence-corrected chi connectivity index (χ2v) is 9.42. The standard InChI is InChI=1S/C23H21N3O4S2/c27-19(13-31-14-20-24-16-6-2-4-8-18(16)32-20)25-21-15-5-1-3-7-17(15)30-22(21)23(28)26-9-11-29-12-10-26/h1-8H,9-14H2,(H,25,27). The Morgan fingerprint density at radius 1 is 1.09 bits per heavy atom. The molecular weight excluding hydrogens is 446 g/mol. The van der Waals surface area contributed by atoms with E-state index in [4.69, 9.17) is 9.15 Å². The van der Waals surface area contributed by atoms with Gasteiger partial charge >= 0.3 is 0 Å². The van der Waals surface area contributed by atoms with Gasteiger partial charge in [-0.1, -0.05) is 24.3 Å². The summed E-state index contributed by atoms with van der Waals surface area (Å²) in [6.07, 6.45) is 0. The molecule has 1 aliphatic heterocycles. The number of amides is 2. The summed E-state index contributed by atoms with van der Waals surface area (Å²) in [5.74, 6) is 0.650. The molecule has 4 aromatic rings. The Morgan fingerprint density at radius 3 is 2.72 bits per heavy atom. The molecule has 0 radical (unpaired) electrons. The van der Waals surface area contributed by atoms with E-state index in [0.29, 0.717) is 48.7 Å². The first-order valence-corrected chi connectivity index (χ1v) is 12.3. The van der Waals surface area contributed by atoms with Crippen LogP contribution in [0.5, 0.6) is 0 Å². The number of aromatic nitrogens is 1. The molecule has 164 valence electrons. The van der Waals surface area contributed by atoms with Crippen LogP contribution in [0.25, 0.3) is 21.2 Å². The smallest absolute Gasteiger partial charge is 0.291 e. The Kier molecular flexibility index (Phi) is 6.11. The molecule has 5 rings (SSSR count). The van der Waals surface area contributed by atoms with Gasteiger partial charge in [-0.05, 0) is 24.3 Å². The normalized spacial score (nSPS) is 14.2. The highest BCUT2D eigenvalue weighted by Crippen LogP contribution is 2.32. The molecule has 32 heavy (non-hydrogen) atoms. The van der Waals surface area contributed by atoms with Crippen molar-refractivity contribution in [1.82, 2.24) is 9.88 Å². The third-order valence-corrected chi connectivity index (χ3v) is 7.31. The van der Waals surface area contributed by atoms with Crippen LogP contribution in [0.4, 0.5) is 5.69 Å². The summed E-state index contributed by atoms with van der Waals surface area (Å²) < 4.78 is 12.3. The van der Waals surface area contributed by atoms with Crippen molar-refractivity contribution in [2.45, 2.75) is 5.75 Å². The number of hydrogen-bond donors (Lipinski definition) is 1. The molecule has 1 N–H and O–H groups in total. The Labute approximate surface area is 192 Å². The van der Waals surface area contributed by atoms with Gasteiger partial charge in [0.2, 0.25) is 11.7 Å². The first-order valence-electron chi connectivity index (χ1n) is 10.3. The molecule has 1 fully saturated rings. The number of thioether (sulfide) groups is 1. The highest BCUT2D eigenvalue weighted by Gasteiger charge is 2.27. The summed E-state index contributed by atoms with van der Waals surface area (Å²) in [5.41, 5.74) is 1.98. The number of ether oxygens (including phenoxy) is 1. The Morgan fingerprint density at radius 2 is 1.88 bits per heavy atom. The van der Waals surface area contributed by atoms with Crippen molar-refractivity contribution >= 4 is 61.8 Å². The van der Waals surface area contributed by atoms with Crippen LogP contribution in [-0.4, -0.2) is 53.8 Å². The van der Waals surface area contributed by atoms with Crippen LogP contribution in [-0.2, 0) is 15.3 Å². The predicted octanol–water partition coefficient (Wildman–Crippen LogP) is 4.39. The van der Waals surface area contributed by atoms with Gasteiger partial charge in [0.05, 0.1) is 29.2 Å². The second kappa shape index (κ2) is 9.32. The van der Waals surface area contributed by atoms with Crippen molar-refractivity contribution in [2.75, 3.05) is 37.4 Å². The van der Waals surface area contributed by atoms with Crippen LogP contribution >= 0.6 is 23.1 Å². The van der Waals surface area contributed by atoms with Gasteiger partial charge in [0.15, 0.2) is 0 Å². The first-order chi connectivity index (χ1) is 15.7. The topological polar surface area (TPSA) is 84.7 Å². The lowest BCUT2D eigenvalue weighted by molar-refractivity contribution is -0.113. The van der Waals surface area contributed by atoms with Crippen LogP contribution in [0, 0.1) is 0 Å². The lowest BCUT2D eigenvalue weighted by Gasteiger charge is -2.26. The number of hydrogen-bond acceptors (Lipinski definition) is 7. The van der Waals surface area contributed by atoms with Gasteiger partial charge in [-0.25, -0.2) is 4.98 Å². The van der Waals surface area contributed by atoms with Crippen molar-refractivity contribution in [1.29, 1.82) is 0 Å². The molecule has 0 saturated carbocycles. The Bertz CT molecular complexity index is 1240. The molecule has 1 aliphatic rings. The average molecular weight is 468 g/mol. The summed E-state index contributed by atoms with van der Waals surface area (Å²) in [6, 6.07) is 15.3. The molecule has 2 aromatic carbocycles. The summed E-state index contributed by atoms with van der Waals surface area (Å²) in [5, 5.41) is 4.62. The van der Waals surface area contributed by atoms with Crippen LogP contribution in [0.3, 0.4) is 0 Å². The number of morpholine rings is 1. The third kappa shape index (κ3) is 4.36. The van der Waals surface area contributed by atoms with E-state index in [1.165, 1.54) is 11.8 Å². The lowest BCUT2D eigenvalue weighted by atomic mass is 10.2. The quantitative estimate of drug-likeness (QED) is 0.453. The van der Waals surface area contributed by atoms with Crippen LogP contribution in [0.15, 0.2) is 52.9 Å². The van der Waals surface area contributed by atoms with Crippen molar-refractivity contribution in [3.8, 4) is 0 Å². The molecule has 2 aromatic heterocycles. The number of rotatable bonds is 6. The van der Waals surface area contributed by atoms with E-state index in [1.807, 2.05) is 42.5 Å². The number of nitrogens with one attached hydrogen (secondary N) is 1. The number of fused-ring (bicyclic) bond motifs is 2. The van der Waals surface area contributed by atoms with Gasteiger partial charge in [-0.2, -0.15) is 0 Å². The molecule has 0 spiro atoms. The number of furan rings is 1. The first kappa shape index (κ1) is 21.0. The SMILES string of the molecule is O=C(CSCc1nc2ccccc2s1)Nc1c(C(=O)N2CCOCC2)oc2ccccc12. The van der Waals surface area contributed by atoms with Crippen molar-refractivity contribution in [3.63, 3.8) is 0 Å². The zero-order valence-electron chi connectivity index (χ0n) is 17.2. The largest absolute Gasteiger partial charge is 0.449 e. The zero-order chi connectivity index (χ0) is 21.9. The third-order valence-electron chi connectivity index (χ3n) is 5.15. The minimum absolute atomic E-state index is 0.164. The summed E-state index contributed by atoms with van der Waals surface area (Å²) >= 11 is 3.13. The van der Waals surface area contributed by atoms with Gasteiger partial charge in [-0.15, -0.1) is 23.1 Å². The maximum Gasteiger partial charge on any atom is 0.291 e. The minimum atomic E-state index is -0.234. The highest BCUT2D eigenvalue weighted by molar-refractivity contribution is 7.99. The number of anilines is 1. The van der Waals surface area contributed by atoms with Crippen LogP contribution < -0.4 is 5.32 Å². The number of benzene rings is 2. The fourth-order valence-electron chi connectivity index (χ4n) is 3.62. The number of thiazole rings is 1. The average Bonchev–Trinajstić information content (AvgIpc) is 3.40. The monoisotopic (exact) mass is 467 g/mol. The molecule has 3 heterocycles. The van der Waals surface area contributed by atoms with E-state index in [-0.39, 0.29) is 23.3 Å². The van der Waals surface area contributed by atoms with E-state index in [9.17, 15) is 9.59 Å². The fourth-order valence-corrected chi connectivity index (χ4v) is 5.47. The molecule has 0 bridgehead atoms. The van der Waals surface area contributed by atoms with Gasteiger partial charge in [0.25, 0.3) is 5.91 Å². The summed E-state index contributed by atoms with van der Waals surface area (Å²) in [7, 11) is 0. The Balaban J connectivity index is 1.29. The van der Waals surface area contributed by atoms with Gasteiger partial charge < -0.3 is 19.4 Å². The molecule has 2 amide bonds. The van der Waals surface area contributed by atoms with Crippen molar-refractivity contribution in [2.24, 2.45) is 0 Å². The number of carbonyl (C=O) groups excluding carboxylic acids is 2. The molecule has 0 atom stereocenters. The van der Waals surface area contributed by atoms with E-state index >= 15 is 0 Å². The van der Waals surface area contributed by atoms with E-state index in [2.05, 4.69) is 10.3 Å². The summed E-state index contributed by atoms with van der Waals surface area (Å²) in [6.45, 7) is 1.99. The Hall–Kier alpha value is -2.88. The maximum absolute atomic E-state index is 13.1. The van der Waals surface area contributed by atoms with Gasteiger partial charge in [-0.3, -0.25) is 9.59 Å².